The Labute approximate surface area is 126 Å². The van der Waals surface area contributed by atoms with Crippen molar-refractivity contribution in [2.24, 2.45) is 5.41 Å². The van der Waals surface area contributed by atoms with Gasteiger partial charge in [0.1, 0.15) is 6.04 Å². The quantitative estimate of drug-likeness (QED) is 0.820. The minimum atomic E-state index is -0.323. The molecule has 2 unspecified atom stereocenters. The van der Waals surface area contributed by atoms with Crippen LogP contribution in [-0.4, -0.2) is 67.2 Å². The van der Waals surface area contributed by atoms with Crippen molar-refractivity contribution in [2.45, 2.75) is 45.7 Å². The van der Waals surface area contributed by atoms with E-state index in [2.05, 4.69) is 31.0 Å². The first kappa shape index (κ1) is 16.2. The molecular formula is C15H27N3O3. The van der Waals surface area contributed by atoms with E-state index in [1.54, 1.807) is 11.9 Å². The number of amides is 2. The fourth-order valence-electron chi connectivity index (χ4n) is 3.33. The molecule has 2 aliphatic heterocycles. The van der Waals surface area contributed by atoms with Crippen molar-refractivity contribution >= 4 is 11.8 Å². The lowest BCUT2D eigenvalue weighted by atomic mass is 9.84. The molecule has 120 valence electrons. The minimum absolute atomic E-state index is 0.0547. The highest BCUT2D eigenvalue weighted by atomic mass is 16.5. The van der Waals surface area contributed by atoms with Crippen LogP contribution in [0.1, 0.15) is 33.6 Å². The van der Waals surface area contributed by atoms with Gasteiger partial charge < -0.3 is 15.0 Å². The monoisotopic (exact) mass is 297 g/mol. The van der Waals surface area contributed by atoms with Crippen molar-refractivity contribution in [3.05, 3.63) is 0 Å². The van der Waals surface area contributed by atoms with Crippen molar-refractivity contribution in [1.82, 2.24) is 15.1 Å². The molecule has 0 aromatic rings. The van der Waals surface area contributed by atoms with E-state index in [0.717, 1.165) is 19.4 Å². The van der Waals surface area contributed by atoms with Gasteiger partial charge in [-0.2, -0.15) is 0 Å². The topological polar surface area (TPSA) is 61.9 Å². The van der Waals surface area contributed by atoms with Gasteiger partial charge in [0, 0.05) is 20.1 Å². The molecule has 6 nitrogen and oxygen atoms in total. The van der Waals surface area contributed by atoms with Crippen LogP contribution in [0.5, 0.6) is 0 Å². The Morgan fingerprint density at radius 1 is 1.29 bits per heavy atom. The Balaban J connectivity index is 2.19. The lowest BCUT2D eigenvalue weighted by Crippen LogP contribution is -2.57. The smallest absolute Gasteiger partial charge is 0.242 e. The summed E-state index contributed by atoms with van der Waals surface area (Å²) in [4.78, 5) is 28.9. The van der Waals surface area contributed by atoms with Crippen molar-refractivity contribution in [2.75, 3.05) is 33.5 Å². The van der Waals surface area contributed by atoms with Gasteiger partial charge in [-0.1, -0.05) is 20.8 Å². The summed E-state index contributed by atoms with van der Waals surface area (Å²) >= 11 is 0. The van der Waals surface area contributed by atoms with Gasteiger partial charge in [0.25, 0.3) is 0 Å². The van der Waals surface area contributed by atoms with E-state index in [9.17, 15) is 9.59 Å². The average molecular weight is 297 g/mol. The minimum Gasteiger partial charge on any atom is -0.365 e. The maximum absolute atomic E-state index is 13.1. The third-order valence-corrected chi connectivity index (χ3v) is 4.28. The lowest BCUT2D eigenvalue weighted by molar-refractivity contribution is -0.146. The fourth-order valence-corrected chi connectivity index (χ4v) is 3.33. The molecular weight excluding hydrogens is 270 g/mol. The lowest BCUT2D eigenvalue weighted by Gasteiger charge is -2.39. The van der Waals surface area contributed by atoms with Crippen LogP contribution < -0.4 is 5.32 Å². The highest BCUT2D eigenvalue weighted by Gasteiger charge is 2.44. The molecule has 2 aliphatic rings. The van der Waals surface area contributed by atoms with E-state index in [0.29, 0.717) is 19.9 Å². The van der Waals surface area contributed by atoms with Crippen molar-refractivity contribution < 1.29 is 14.3 Å². The number of hydrogen-bond donors (Lipinski definition) is 1. The number of nitrogens with one attached hydrogen (secondary N) is 1. The fraction of sp³-hybridized carbons (Fsp3) is 0.867. The van der Waals surface area contributed by atoms with Crippen LogP contribution in [0.25, 0.3) is 0 Å². The molecule has 21 heavy (non-hydrogen) atoms. The van der Waals surface area contributed by atoms with Gasteiger partial charge in [-0.05, 0) is 18.3 Å². The molecule has 2 heterocycles. The number of likely N-dealkylation sites (tertiary alicyclic amines) is 1. The van der Waals surface area contributed by atoms with E-state index in [1.165, 1.54) is 0 Å². The number of nitrogens with zero attached hydrogens (tertiary/aromatic N) is 2. The average Bonchev–Trinajstić information content (AvgIpc) is 3.06. The van der Waals surface area contributed by atoms with Crippen LogP contribution in [0.2, 0.25) is 0 Å². The summed E-state index contributed by atoms with van der Waals surface area (Å²) in [6.07, 6.45) is 1.63. The molecule has 2 saturated heterocycles. The third kappa shape index (κ3) is 3.37. The first-order valence-corrected chi connectivity index (χ1v) is 7.70. The summed E-state index contributed by atoms with van der Waals surface area (Å²) in [5.74, 6) is -0.00900. The predicted molar refractivity (Wildman–Crippen MR) is 79.6 cm³/mol. The largest absolute Gasteiger partial charge is 0.365 e. The normalized spacial score (nSPS) is 25.1. The molecule has 0 aromatic carbocycles. The highest BCUT2D eigenvalue weighted by Crippen LogP contribution is 2.30. The summed E-state index contributed by atoms with van der Waals surface area (Å²) in [5.41, 5.74) is -0.194. The first-order valence-electron chi connectivity index (χ1n) is 7.70. The highest BCUT2D eigenvalue weighted by molar-refractivity contribution is 5.90. The van der Waals surface area contributed by atoms with Gasteiger partial charge in [-0.3, -0.25) is 14.5 Å². The molecule has 2 amide bonds. The molecule has 2 fully saturated rings. The van der Waals surface area contributed by atoms with Gasteiger partial charge in [0.2, 0.25) is 11.8 Å². The Morgan fingerprint density at radius 3 is 2.52 bits per heavy atom. The number of carbonyl (C=O) groups is 2. The molecule has 0 radical (unpaired) electrons. The zero-order valence-electron chi connectivity index (χ0n) is 13.5. The maximum Gasteiger partial charge on any atom is 0.242 e. The number of carbonyl (C=O) groups excluding carboxylic acids is 2. The van der Waals surface area contributed by atoms with Gasteiger partial charge in [-0.15, -0.1) is 0 Å². The zero-order chi connectivity index (χ0) is 15.6. The Hall–Kier alpha value is -1.14. The summed E-state index contributed by atoms with van der Waals surface area (Å²) in [6.45, 7) is 8.80. The summed E-state index contributed by atoms with van der Waals surface area (Å²) in [6, 6.07) is -0.568. The van der Waals surface area contributed by atoms with Crippen molar-refractivity contribution in [3.8, 4) is 0 Å². The van der Waals surface area contributed by atoms with Crippen LogP contribution in [0.3, 0.4) is 0 Å². The van der Waals surface area contributed by atoms with E-state index >= 15 is 0 Å². The molecule has 0 spiro atoms. The van der Waals surface area contributed by atoms with Crippen LogP contribution in [-0.2, 0) is 14.3 Å². The Morgan fingerprint density at radius 2 is 2.00 bits per heavy atom. The van der Waals surface area contributed by atoms with Gasteiger partial charge in [0.05, 0.1) is 19.4 Å². The third-order valence-electron chi connectivity index (χ3n) is 4.28. The number of rotatable bonds is 3. The summed E-state index contributed by atoms with van der Waals surface area (Å²) in [7, 11) is 1.62. The molecule has 2 rings (SSSR count). The second-order valence-corrected chi connectivity index (χ2v) is 6.92. The SMILES string of the molecule is CNC(=O)C1CCCN1C(=O)C(N1CCOC1)C(C)(C)C. The van der Waals surface area contributed by atoms with Crippen LogP contribution in [0, 0.1) is 5.41 Å². The Kier molecular flexibility index (Phi) is 4.88. The molecule has 1 N–H and O–H groups in total. The van der Waals surface area contributed by atoms with Gasteiger partial charge >= 0.3 is 0 Å². The number of ether oxygens (including phenoxy) is 1. The Bertz CT molecular complexity index is 399. The van der Waals surface area contributed by atoms with Crippen LogP contribution >= 0.6 is 0 Å². The molecule has 6 heteroatoms. The molecule has 2 atom stereocenters. The molecule has 0 aromatic heterocycles. The molecule has 0 saturated carbocycles. The van der Waals surface area contributed by atoms with E-state index < -0.39 is 0 Å². The van der Waals surface area contributed by atoms with E-state index in [4.69, 9.17) is 4.74 Å². The zero-order valence-corrected chi connectivity index (χ0v) is 13.5. The van der Waals surface area contributed by atoms with Crippen LogP contribution in [0.15, 0.2) is 0 Å². The first-order chi connectivity index (χ1) is 9.86. The molecule has 0 aliphatic carbocycles. The maximum atomic E-state index is 13.1. The second kappa shape index (κ2) is 6.32. The second-order valence-electron chi connectivity index (χ2n) is 6.92. The number of likely N-dealkylation sites (N-methyl/N-ethyl adjacent to an activating group) is 1. The van der Waals surface area contributed by atoms with Crippen LogP contribution in [0.4, 0.5) is 0 Å². The molecule has 0 bridgehead atoms. The number of hydrogen-bond acceptors (Lipinski definition) is 4. The van der Waals surface area contributed by atoms with E-state index in [-0.39, 0.29) is 29.3 Å². The van der Waals surface area contributed by atoms with E-state index in [1.807, 2.05) is 0 Å². The summed E-state index contributed by atoms with van der Waals surface area (Å²) in [5, 5.41) is 2.67. The van der Waals surface area contributed by atoms with Gasteiger partial charge in [0.15, 0.2) is 0 Å². The summed E-state index contributed by atoms with van der Waals surface area (Å²) < 4.78 is 5.42. The predicted octanol–water partition coefficient (Wildman–Crippen LogP) is 0.428. The van der Waals surface area contributed by atoms with Crippen molar-refractivity contribution in [3.63, 3.8) is 0 Å². The van der Waals surface area contributed by atoms with Gasteiger partial charge in [-0.25, -0.2) is 0 Å². The van der Waals surface area contributed by atoms with Crippen molar-refractivity contribution in [1.29, 1.82) is 0 Å². The standard InChI is InChI=1S/C15H27N3O3/c1-15(2,3)12(17-8-9-21-10-17)14(20)18-7-5-6-11(18)13(19)16-4/h11-12H,5-10H2,1-4H3,(H,16,19).